The van der Waals surface area contributed by atoms with Crippen molar-refractivity contribution in [1.82, 2.24) is 0 Å². The summed E-state index contributed by atoms with van der Waals surface area (Å²) in [5, 5.41) is -0.615. The number of hydrogen-bond donors (Lipinski definition) is 0. The second kappa shape index (κ2) is 21.6. The Labute approximate surface area is 214 Å². The van der Waals surface area contributed by atoms with Crippen LogP contribution in [0.25, 0.3) is 0 Å². The summed E-state index contributed by atoms with van der Waals surface area (Å²) in [6.07, 6.45) is 34.2. The molecule has 3 nitrogen and oxygen atoms in total. The maximum atomic E-state index is 12.0. The van der Waals surface area contributed by atoms with Crippen molar-refractivity contribution in [3.05, 3.63) is 24.3 Å². The Morgan fingerprint density at radius 3 is 1.24 bits per heavy atom. The molecule has 0 saturated heterocycles. The highest BCUT2D eigenvalue weighted by atomic mass is 31.1. The molecule has 0 aromatic rings. The lowest BCUT2D eigenvalue weighted by Crippen LogP contribution is -2.53. The molecule has 1 atom stereocenters. The Balaban J connectivity index is 3.54. The van der Waals surface area contributed by atoms with Crippen LogP contribution in [0.5, 0.6) is 0 Å². The third kappa shape index (κ3) is 16.1. The molecule has 0 saturated carbocycles. The Morgan fingerprint density at radius 1 is 0.559 bits per heavy atom. The summed E-state index contributed by atoms with van der Waals surface area (Å²) in [4.78, 5) is 0. The molecule has 4 heteroatoms. The molecule has 0 aliphatic carbocycles. The fraction of sp³-hybridized carbons (Fsp3) is 0.867. The first-order valence-electron chi connectivity index (χ1n) is 14.6. The lowest BCUT2D eigenvalue weighted by molar-refractivity contribution is -0.908. The first-order chi connectivity index (χ1) is 16.3. The number of unbranched alkanes of at least 4 members (excludes halogenated alkanes) is 15. The van der Waals surface area contributed by atoms with Crippen molar-refractivity contribution >= 4 is 7.68 Å². The van der Waals surface area contributed by atoms with E-state index in [0.29, 0.717) is 10.9 Å². The van der Waals surface area contributed by atoms with Gasteiger partial charge in [-0.2, -0.15) is 0 Å². The molecule has 0 N–H and O–H groups in total. The first kappa shape index (κ1) is 33.3. The van der Waals surface area contributed by atoms with Gasteiger partial charge in [-0.05, 0) is 57.8 Å². The van der Waals surface area contributed by atoms with Crippen molar-refractivity contribution in [3.8, 4) is 0 Å². The van der Waals surface area contributed by atoms with Crippen molar-refractivity contribution in [2.24, 2.45) is 0 Å². The van der Waals surface area contributed by atoms with Crippen LogP contribution in [0.2, 0.25) is 0 Å². The zero-order valence-electron chi connectivity index (χ0n) is 23.7. The monoisotopic (exact) mass is 496 g/mol. The smallest absolute Gasteiger partial charge is 0.314 e. The van der Waals surface area contributed by atoms with Gasteiger partial charge >= 0.3 is 7.68 Å². The second-order valence-electron chi connectivity index (χ2n) is 11.0. The molecule has 0 fully saturated rings. The first-order valence-corrected chi connectivity index (χ1v) is 15.8. The van der Waals surface area contributed by atoms with E-state index in [9.17, 15) is 9.13 Å². The van der Waals surface area contributed by atoms with Crippen LogP contribution in [0, 0.1) is 0 Å². The van der Waals surface area contributed by atoms with E-state index in [1.54, 1.807) is 0 Å². The molecule has 0 aliphatic rings. The number of hydrogen-bond acceptors (Lipinski definition) is 2. The van der Waals surface area contributed by atoms with E-state index in [1.165, 1.54) is 89.9 Å². The molecule has 0 bridgehead atoms. The maximum Gasteiger partial charge on any atom is 0.378 e. The predicted molar refractivity (Wildman–Crippen MR) is 151 cm³/mol. The Morgan fingerprint density at radius 2 is 0.912 bits per heavy atom. The van der Waals surface area contributed by atoms with Gasteiger partial charge in [-0.3, -0.25) is 0 Å². The molecule has 200 valence electrons. The standard InChI is InChI=1S/C30H59NO2P/c1-6-8-9-10-11-12-13-14-15-16-17-18-19-20-21-22-23-24-25-26-27-28-29-30(7-2,34(32)33)31(3,4)5/h11-12,23-24H,6-10,13-22,25-29H2,1-5H3/q+1. The van der Waals surface area contributed by atoms with Gasteiger partial charge < -0.3 is 4.48 Å². The molecule has 0 heterocycles. The van der Waals surface area contributed by atoms with Crippen molar-refractivity contribution in [1.29, 1.82) is 0 Å². The lowest BCUT2D eigenvalue weighted by atomic mass is 10.0. The average Bonchev–Trinajstić information content (AvgIpc) is 2.78. The minimum absolute atomic E-state index is 0.499. The van der Waals surface area contributed by atoms with Gasteiger partial charge in [0.05, 0.1) is 21.1 Å². The van der Waals surface area contributed by atoms with E-state index in [4.69, 9.17) is 0 Å². The molecule has 0 spiro atoms. The lowest BCUT2D eigenvalue weighted by Gasteiger charge is -2.40. The Kier molecular flexibility index (Phi) is 21.2. The van der Waals surface area contributed by atoms with Crippen molar-refractivity contribution < 1.29 is 13.6 Å². The maximum absolute atomic E-state index is 12.0. The molecule has 0 amide bonds. The van der Waals surface area contributed by atoms with Crippen LogP contribution in [0.3, 0.4) is 0 Å². The zero-order chi connectivity index (χ0) is 25.5. The van der Waals surface area contributed by atoms with Gasteiger partial charge in [0.2, 0.25) is 5.28 Å². The Hall–Kier alpha value is -0.660. The fourth-order valence-corrected chi connectivity index (χ4v) is 5.96. The minimum atomic E-state index is -2.43. The van der Waals surface area contributed by atoms with E-state index in [0.717, 1.165) is 32.1 Å². The summed E-state index contributed by atoms with van der Waals surface area (Å²) in [5.41, 5.74) is 0. The second-order valence-corrected chi connectivity index (χ2v) is 12.4. The van der Waals surface area contributed by atoms with Gasteiger partial charge in [-0.1, -0.05) is 95.9 Å². The highest BCUT2D eigenvalue weighted by molar-refractivity contribution is 7.32. The molecule has 0 aromatic carbocycles. The predicted octanol–water partition coefficient (Wildman–Crippen LogP) is 10.5. The van der Waals surface area contributed by atoms with E-state index in [2.05, 4.69) is 31.2 Å². The van der Waals surface area contributed by atoms with Crippen molar-refractivity contribution in [2.45, 2.75) is 148 Å². The molecular weight excluding hydrogens is 437 g/mol. The minimum Gasteiger partial charge on any atom is -0.314 e. The van der Waals surface area contributed by atoms with E-state index >= 15 is 0 Å². The topological polar surface area (TPSA) is 34.1 Å². The molecule has 34 heavy (non-hydrogen) atoms. The van der Waals surface area contributed by atoms with Crippen LogP contribution in [0.4, 0.5) is 0 Å². The van der Waals surface area contributed by atoms with E-state index in [1.807, 2.05) is 28.1 Å². The van der Waals surface area contributed by atoms with E-state index in [-0.39, 0.29) is 0 Å². The van der Waals surface area contributed by atoms with E-state index < -0.39 is 13.0 Å². The summed E-state index contributed by atoms with van der Waals surface area (Å²) in [5.74, 6) is 0. The van der Waals surface area contributed by atoms with Crippen LogP contribution >= 0.6 is 7.68 Å². The van der Waals surface area contributed by atoms with Gasteiger partial charge in [-0.25, -0.2) is 9.13 Å². The number of nitrogens with zero attached hydrogens (tertiary/aromatic N) is 1. The third-order valence-corrected chi connectivity index (χ3v) is 9.22. The summed E-state index contributed by atoms with van der Waals surface area (Å²) in [7, 11) is 3.59. The molecule has 1 unspecified atom stereocenters. The normalized spacial score (nSPS) is 14.3. The summed E-state index contributed by atoms with van der Waals surface area (Å²) >= 11 is 0. The van der Waals surface area contributed by atoms with Gasteiger partial charge in [0.25, 0.3) is 0 Å². The van der Waals surface area contributed by atoms with Crippen LogP contribution in [-0.4, -0.2) is 30.9 Å². The largest absolute Gasteiger partial charge is 0.378 e. The fourth-order valence-electron chi connectivity index (χ4n) is 4.87. The van der Waals surface area contributed by atoms with Gasteiger partial charge in [0.1, 0.15) is 0 Å². The Bertz CT molecular complexity index is 581. The summed E-state index contributed by atoms with van der Waals surface area (Å²) < 4.78 is 24.4. The van der Waals surface area contributed by atoms with Crippen molar-refractivity contribution in [3.63, 3.8) is 0 Å². The van der Waals surface area contributed by atoms with Gasteiger partial charge in [-0.15, -0.1) is 0 Å². The molecular formula is C30H59NO2P+. The van der Waals surface area contributed by atoms with Gasteiger partial charge in [0.15, 0.2) is 0 Å². The quantitative estimate of drug-likeness (QED) is 0.0576. The summed E-state index contributed by atoms with van der Waals surface area (Å²) in [6, 6.07) is 0. The molecule has 0 aromatic heterocycles. The van der Waals surface area contributed by atoms with Crippen LogP contribution in [0.15, 0.2) is 24.3 Å². The van der Waals surface area contributed by atoms with Crippen LogP contribution in [0.1, 0.15) is 142 Å². The molecule has 0 aliphatic heterocycles. The highest BCUT2D eigenvalue weighted by Crippen LogP contribution is 2.43. The number of allylic oxidation sites excluding steroid dienone is 4. The van der Waals surface area contributed by atoms with Crippen molar-refractivity contribution in [2.75, 3.05) is 21.1 Å². The molecule has 0 radical (unpaired) electrons. The third-order valence-electron chi connectivity index (χ3n) is 7.40. The zero-order valence-corrected chi connectivity index (χ0v) is 24.6. The van der Waals surface area contributed by atoms with Crippen LogP contribution in [-0.2, 0) is 9.13 Å². The number of quaternary nitrogens is 1. The highest BCUT2D eigenvalue weighted by Gasteiger charge is 2.46. The average molecular weight is 497 g/mol. The molecule has 0 rings (SSSR count). The summed E-state index contributed by atoms with van der Waals surface area (Å²) in [6.45, 7) is 4.27. The van der Waals surface area contributed by atoms with Crippen LogP contribution < -0.4 is 0 Å². The SMILES string of the molecule is CCCCCC=CCCCCCCCCCCC=CCCCCCC(CC)(P(=O)=O)[N+](C)(C)C. The van der Waals surface area contributed by atoms with Gasteiger partial charge in [0, 0.05) is 12.8 Å². The number of rotatable bonds is 24.